The first kappa shape index (κ1) is 10.6. The number of ether oxygens (including phenoxy) is 1. The number of anilines is 1. The van der Waals surface area contributed by atoms with E-state index in [1.807, 2.05) is 0 Å². The first-order valence-corrected chi connectivity index (χ1v) is 5.81. The second-order valence-electron chi connectivity index (χ2n) is 4.14. The van der Waals surface area contributed by atoms with Crippen LogP contribution in [0.3, 0.4) is 0 Å². The van der Waals surface area contributed by atoms with Crippen LogP contribution in [0.5, 0.6) is 5.75 Å². The highest BCUT2D eigenvalue weighted by atomic mass is 35.5. The second kappa shape index (κ2) is 4.75. The number of hydrogen-bond donors (Lipinski definition) is 1. The quantitative estimate of drug-likeness (QED) is 0.800. The van der Waals surface area contributed by atoms with Gasteiger partial charge in [-0.05, 0) is 30.9 Å². The molecule has 3 heteroatoms. The van der Waals surface area contributed by atoms with Crippen molar-refractivity contribution < 1.29 is 4.74 Å². The van der Waals surface area contributed by atoms with Crippen molar-refractivity contribution in [2.75, 3.05) is 12.3 Å². The fourth-order valence-electron chi connectivity index (χ4n) is 2.02. The molecule has 2 rings (SSSR count). The molecule has 0 bridgehead atoms. The number of halogens is 1. The molecule has 0 radical (unpaired) electrons. The van der Waals surface area contributed by atoms with Crippen LogP contribution in [0, 0.1) is 5.92 Å². The Balaban J connectivity index is 1.94. The molecule has 1 saturated carbocycles. The van der Waals surface area contributed by atoms with E-state index in [1.165, 1.54) is 25.7 Å². The average Bonchev–Trinajstić information content (AvgIpc) is 2.72. The van der Waals surface area contributed by atoms with E-state index in [2.05, 4.69) is 0 Å². The Bertz CT molecular complexity index is 334. The summed E-state index contributed by atoms with van der Waals surface area (Å²) in [5.41, 5.74) is 6.45. The van der Waals surface area contributed by atoms with E-state index < -0.39 is 0 Å². The third kappa shape index (κ3) is 2.78. The van der Waals surface area contributed by atoms with Gasteiger partial charge in [-0.2, -0.15) is 0 Å². The number of nitrogens with two attached hydrogens (primary N) is 1. The fraction of sp³-hybridized carbons (Fsp3) is 0.500. The molecule has 82 valence electrons. The maximum Gasteiger partial charge on any atom is 0.143 e. The predicted molar refractivity (Wildman–Crippen MR) is 63.3 cm³/mol. The molecule has 1 aromatic carbocycles. The molecular weight excluding hydrogens is 210 g/mol. The van der Waals surface area contributed by atoms with Gasteiger partial charge in [-0.3, -0.25) is 0 Å². The Morgan fingerprint density at radius 3 is 2.80 bits per heavy atom. The lowest BCUT2D eigenvalue weighted by Gasteiger charge is -2.13. The summed E-state index contributed by atoms with van der Waals surface area (Å²) in [6.45, 7) is 0.768. The van der Waals surface area contributed by atoms with Crippen molar-refractivity contribution in [1.29, 1.82) is 0 Å². The Morgan fingerprint density at radius 1 is 1.33 bits per heavy atom. The van der Waals surface area contributed by atoms with Gasteiger partial charge in [0.05, 0.1) is 12.3 Å². The maximum atomic E-state index is 5.88. The van der Waals surface area contributed by atoms with E-state index in [-0.39, 0.29) is 0 Å². The highest BCUT2D eigenvalue weighted by Crippen LogP contribution is 2.29. The molecule has 0 aromatic heterocycles. The molecule has 0 amide bonds. The van der Waals surface area contributed by atoms with Crippen molar-refractivity contribution >= 4 is 17.3 Å². The Kier molecular flexibility index (Phi) is 3.37. The SMILES string of the molecule is Nc1ccc(Cl)cc1OCC1CCCC1. The van der Waals surface area contributed by atoms with Gasteiger partial charge in [-0.1, -0.05) is 24.4 Å². The molecular formula is C12H16ClNO. The Morgan fingerprint density at radius 2 is 2.07 bits per heavy atom. The fourth-order valence-corrected chi connectivity index (χ4v) is 2.18. The summed E-state index contributed by atoms with van der Waals surface area (Å²) in [4.78, 5) is 0. The summed E-state index contributed by atoms with van der Waals surface area (Å²) in [5.74, 6) is 1.41. The van der Waals surface area contributed by atoms with Gasteiger partial charge in [0.2, 0.25) is 0 Å². The number of nitrogen functional groups attached to an aromatic ring is 1. The molecule has 1 aromatic rings. The average molecular weight is 226 g/mol. The molecule has 1 fully saturated rings. The van der Waals surface area contributed by atoms with Gasteiger partial charge in [-0.25, -0.2) is 0 Å². The standard InChI is InChI=1S/C12H16ClNO/c13-10-5-6-11(14)12(7-10)15-8-9-3-1-2-4-9/h5-7,9H,1-4,8,14H2. The van der Waals surface area contributed by atoms with Gasteiger partial charge in [0.25, 0.3) is 0 Å². The minimum Gasteiger partial charge on any atom is -0.491 e. The number of hydrogen-bond acceptors (Lipinski definition) is 2. The van der Waals surface area contributed by atoms with Gasteiger partial charge >= 0.3 is 0 Å². The first-order valence-electron chi connectivity index (χ1n) is 5.43. The number of benzene rings is 1. The summed E-state index contributed by atoms with van der Waals surface area (Å²) >= 11 is 5.88. The molecule has 0 heterocycles. The highest BCUT2D eigenvalue weighted by Gasteiger charge is 2.15. The molecule has 0 unspecified atom stereocenters. The largest absolute Gasteiger partial charge is 0.491 e. The zero-order valence-electron chi connectivity index (χ0n) is 8.71. The highest BCUT2D eigenvalue weighted by molar-refractivity contribution is 6.30. The van der Waals surface area contributed by atoms with E-state index in [1.54, 1.807) is 18.2 Å². The van der Waals surface area contributed by atoms with E-state index in [0.717, 1.165) is 12.4 Å². The van der Waals surface area contributed by atoms with Gasteiger partial charge in [0.15, 0.2) is 0 Å². The van der Waals surface area contributed by atoms with Crippen molar-refractivity contribution in [2.45, 2.75) is 25.7 Å². The van der Waals surface area contributed by atoms with E-state index >= 15 is 0 Å². The molecule has 1 aliphatic rings. The summed E-state index contributed by atoms with van der Waals surface area (Å²) in [6.07, 6.45) is 5.22. The van der Waals surface area contributed by atoms with Crippen LogP contribution in [0.2, 0.25) is 5.02 Å². The van der Waals surface area contributed by atoms with Crippen molar-refractivity contribution in [3.63, 3.8) is 0 Å². The van der Waals surface area contributed by atoms with E-state index in [4.69, 9.17) is 22.1 Å². The molecule has 0 spiro atoms. The molecule has 0 atom stereocenters. The summed E-state index contributed by atoms with van der Waals surface area (Å²) in [5, 5.41) is 0.672. The molecule has 0 aliphatic heterocycles. The van der Waals surface area contributed by atoms with Gasteiger partial charge in [0.1, 0.15) is 5.75 Å². The lowest BCUT2D eigenvalue weighted by Crippen LogP contribution is -2.09. The lowest BCUT2D eigenvalue weighted by atomic mass is 10.1. The second-order valence-corrected chi connectivity index (χ2v) is 4.58. The zero-order valence-corrected chi connectivity index (χ0v) is 9.46. The molecule has 2 nitrogen and oxygen atoms in total. The minimum absolute atomic E-state index is 0.664. The zero-order chi connectivity index (χ0) is 10.7. The molecule has 0 saturated heterocycles. The summed E-state index contributed by atoms with van der Waals surface area (Å²) < 4.78 is 5.69. The number of rotatable bonds is 3. The van der Waals surface area contributed by atoms with Gasteiger partial charge in [0, 0.05) is 11.1 Å². The van der Waals surface area contributed by atoms with Crippen LogP contribution in [0.1, 0.15) is 25.7 Å². The van der Waals surface area contributed by atoms with Crippen LogP contribution in [-0.2, 0) is 0 Å². The summed E-state index contributed by atoms with van der Waals surface area (Å²) in [6, 6.07) is 5.34. The van der Waals surface area contributed by atoms with Crippen LogP contribution in [0.4, 0.5) is 5.69 Å². The van der Waals surface area contributed by atoms with Crippen LogP contribution < -0.4 is 10.5 Å². The predicted octanol–water partition coefficient (Wildman–Crippen LogP) is 3.49. The maximum absolute atomic E-state index is 5.88. The van der Waals surface area contributed by atoms with Gasteiger partial charge < -0.3 is 10.5 Å². The van der Waals surface area contributed by atoms with Crippen molar-refractivity contribution in [3.05, 3.63) is 23.2 Å². The van der Waals surface area contributed by atoms with Gasteiger partial charge in [-0.15, -0.1) is 0 Å². The van der Waals surface area contributed by atoms with Crippen molar-refractivity contribution in [3.8, 4) is 5.75 Å². The smallest absolute Gasteiger partial charge is 0.143 e. The molecule has 15 heavy (non-hydrogen) atoms. The topological polar surface area (TPSA) is 35.2 Å². The third-order valence-corrected chi connectivity index (χ3v) is 3.16. The molecule has 1 aliphatic carbocycles. The van der Waals surface area contributed by atoms with Crippen LogP contribution in [-0.4, -0.2) is 6.61 Å². The first-order chi connectivity index (χ1) is 7.25. The molecule has 2 N–H and O–H groups in total. The third-order valence-electron chi connectivity index (χ3n) is 2.92. The van der Waals surface area contributed by atoms with E-state index in [0.29, 0.717) is 16.6 Å². The Hall–Kier alpha value is -0.890. The van der Waals surface area contributed by atoms with Crippen molar-refractivity contribution in [1.82, 2.24) is 0 Å². The minimum atomic E-state index is 0.664. The normalized spacial score (nSPS) is 16.9. The monoisotopic (exact) mass is 225 g/mol. The lowest BCUT2D eigenvalue weighted by molar-refractivity contribution is 0.253. The van der Waals surface area contributed by atoms with Crippen LogP contribution >= 0.6 is 11.6 Å². The van der Waals surface area contributed by atoms with Crippen LogP contribution in [0.15, 0.2) is 18.2 Å². The van der Waals surface area contributed by atoms with Crippen LogP contribution in [0.25, 0.3) is 0 Å². The van der Waals surface area contributed by atoms with Crippen molar-refractivity contribution in [2.24, 2.45) is 5.92 Å². The Labute approximate surface area is 95.4 Å². The summed E-state index contributed by atoms with van der Waals surface area (Å²) in [7, 11) is 0. The van der Waals surface area contributed by atoms with E-state index in [9.17, 15) is 0 Å².